The normalized spacial score (nSPS) is 19.3. The van der Waals surface area contributed by atoms with Gasteiger partial charge >= 0.3 is 0 Å². The Morgan fingerprint density at radius 1 is 1.43 bits per heavy atom. The van der Waals surface area contributed by atoms with Crippen molar-refractivity contribution in [2.24, 2.45) is 5.92 Å². The van der Waals surface area contributed by atoms with E-state index in [4.69, 9.17) is 9.47 Å². The zero-order chi connectivity index (χ0) is 15.2. The van der Waals surface area contributed by atoms with Crippen LogP contribution >= 0.6 is 0 Å². The van der Waals surface area contributed by atoms with Gasteiger partial charge in [0.1, 0.15) is 5.75 Å². The molecule has 2 rings (SSSR count). The van der Waals surface area contributed by atoms with E-state index in [1.165, 1.54) is 5.56 Å². The maximum Gasteiger partial charge on any atom is 0.263 e. The highest BCUT2D eigenvalue weighted by atomic mass is 16.5. The Labute approximate surface area is 127 Å². The summed E-state index contributed by atoms with van der Waals surface area (Å²) >= 11 is 0. The van der Waals surface area contributed by atoms with Crippen LogP contribution in [0.1, 0.15) is 25.8 Å². The highest BCUT2D eigenvalue weighted by molar-refractivity contribution is 5.80. The molecular formula is C17H25NO3. The zero-order valence-electron chi connectivity index (χ0n) is 13.2. The average Bonchev–Trinajstić information content (AvgIpc) is 2.99. The third-order valence-electron chi connectivity index (χ3n) is 3.88. The van der Waals surface area contributed by atoms with Crippen LogP contribution in [-0.4, -0.2) is 43.2 Å². The Kier molecular flexibility index (Phi) is 5.62. The van der Waals surface area contributed by atoms with Gasteiger partial charge in [0, 0.05) is 25.6 Å². The van der Waals surface area contributed by atoms with Crippen molar-refractivity contribution in [1.29, 1.82) is 0 Å². The molecule has 21 heavy (non-hydrogen) atoms. The maximum absolute atomic E-state index is 12.5. The molecule has 2 atom stereocenters. The van der Waals surface area contributed by atoms with Gasteiger partial charge in [-0.05, 0) is 39.3 Å². The minimum Gasteiger partial charge on any atom is -0.481 e. The van der Waals surface area contributed by atoms with Gasteiger partial charge < -0.3 is 14.4 Å². The number of hydrogen-bond donors (Lipinski definition) is 0. The number of hydrogen-bond acceptors (Lipinski definition) is 3. The van der Waals surface area contributed by atoms with Gasteiger partial charge in [0.15, 0.2) is 6.10 Å². The molecule has 1 aliphatic rings. The standard InChI is InChI=1S/C17H25NO3/c1-4-18(11-15-9-10-20-12-15)17(19)14(3)21-16-7-5-13(2)6-8-16/h5-8,14-15H,4,9-12H2,1-3H3/t14-,15-/m1/s1. The van der Waals surface area contributed by atoms with Gasteiger partial charge in [-0.15, -0.1) is 0 Å². The van der Waals surface area contributed by atoms with Gasteiger partial charge in [-0.3, -0.25) is 4.79 Å². The van der Waals surface area contributed by atoms with Gasteiger partial charge in [-0.25, -0.2) is 0 Å². The van der Waals surface area contributed by atoms with E-state index in [9.17, 15) is 4.79 Å². The van der Waals surface area contributed by atoms with Gasteiger partial charge in [-0.2, -0.15) is 0 Å². The Morgan fingerprint density at radius 2 is 2.14 bits per heavy atom. The Balaban J connectivity index is 1.91. The zero-order valence-corrected chi connectivity index (χ0v) is 13.2. The summed E-state index contributed by atoms with van der Waals surface area (Å²) in [5.74, 6) is 1.24. The molecule has 0 spiro atoms. The van der Waals surface area contributed by atoms with E-state index in [1.807, 2.05) is 49.9 Å². The summed E-state index contributed by atoms with van der Waals surface area (Å²) in [6.07, 6.45) is 0.576. The monoisotopic (exact) mass is 291 g/mol. The van der Waals surface area contributed by atoms with E-state index in [1.54, 1.807) is 0 Å². The van der Waals surface area contributed by atoms with E-state index in [0.717, 1.165) is 31.9 Å². The summed E-state index contributed by atoms with van der Waals surface area (Å²) in [5, 5.41) is 0. The first-order valence-corrected chi connectivity index (χ1v) is 7.70. The molecule has 1 aliphatic heterocycles. The van der Waals surface area contributed by atoms with Gasteiger partial charge in [-0.1, -0.05) is 17.7 Å². The van der Waals surface area contributed by atoms with Gasteiger partial charge in [0.25, 0.3) is 5.91 Å². The van der Waals surface area contributed by atoms with Gasteiger partial charge in [0.2, 0.25) is 0 Å². The van der Waals surface area contributed by atoms with E-state index in [2.05, 4.69) is 0 Å². The van der Waals surface area contributed by atoms with Crippen LogP contribution in [0.5, 0.6) is 5.75 Å². The van der Waals surface area contributed by atoms with Crippen molar-refractivity contribution < 1.29 is 14.3 Å². The van der Waals surface area contributed by atoms with Crippen LogP contribution in [0.25, 0.3) is 0 Å². The number of nitrogens with zero attached hydrogens (tertiary/aromatic N) is 1. The topological polar surface area (TPSA) is 38.8 Å². The number of ether oxygens (including phenoxy) is 2. The third-order valence-corrected chi connectivity index (χ3v) is 3.88. The smallest absolute Gasteiger partial charge is 0.263 e. The molecule has 4 nitrogen and oxygen atoms in total. The van der Waals surface area contributed by atoms with E-state index in [-0.39, 0.29) is 5.91 Å². The van der Waals surface area contributed by atoms with Crippen LogP contribution in [0.2, 0.25) is 0 Å². The van der Waals surface area contributed by atoms with Crippen molar-refractivity contribution in [3.63, 3.8) is 0 Å². The Hall–Kier alpha value is -1.55. The lowest BCUT2D eigenvalue weighted by Gasteiger charge is -2.27. The lowest BCUT2D eigenvalue weighted by molar-refractivity contribution is -0.138. The summed E-state index contributed by atoms with van der Waals surface area (Å²) in [6.45, 7) is 8.89. The number of carbonyl (C=O) groups excluding carboxylic acids is 1. The van der Waals surface area contributed by atoms with Crippen LogP contribution in [0, 0.1) is 12.8 Å². The fourth-order valence-corrected chi connectivity index (χ4v) is 2.54. The molecule has 0 radical (unpaired) electrons. The molecule has 0 N–H and O–H groups in total. The molecule has 1 aromatic rings. The van der Waals surface area contributed by atoms with Crippen LogP contribution < -0.4 is 4.74 Å². The van der Waals surface area contributed by atoms with Crippen LogP contribution in [-0.2, 0) is 9.53 Å². The van der Waals surface area contributed by atoms with Gasteiger partial charge in [0.05, 0.1) is 6.61 Å². The molecule has 4 heteroatoms. The molecule has 1 saturated heterocycles. The first-order chi connectivity index (χ1) is 10.1. The molecule has 116 valence electrons. The second-order valence-electron chi connectivity index (χ2n) is 5.68. The molecule has 1 heterocycles. The predicted octanol–water partition coefficient (Wildman–Crippen LogP) is 2.65. The number of aryl methyl sites for hydroxylation is 1. The van der Waals surface area contributed by atoms with E-state index >= 15 is 0 Å². The van der Waals surface area contributed by atoms with Crippen molar-refractivity contribution in [3.8, 4) is 5.75 Å². The quantitative estimate of drug-likeness (QED) is 0.809. The number of likely N-dealkylation sites (N-methyl/N-ethyl adjacent to an activating group) is 1. The lowest BCUT2D eigenvalue weighted by Crippen LogP contribution is -2.42. The number of rotatable bonds is 6. The average molecular weight is 291 g/mol. The molecule has 1 fully saturated rings. The first-order valence-electron chi connectivity index (χ1n) is 7.70. The fourth-order valence-electron chi connectivity index (χ4n) is 2.54. The summed E-state index contributed by atoms with van der Waals surface area (Å²) in [4.78, 5) is 14.4. The number of amides is 1. The maximum atomic E-state index is 12.5. The van der Waals surface area contributed by atoms with Crippen molar-refractivity contribution in [2.45, 2.75) is 33.3 Å². The second-order valence-corrected chi connectivity index (χ2v) is 5.68. The second kappa shape index (κ2) is 7.46. The fraction of sp³-hybridized carbons (Fsp3) is 0.588. The van der Waals surface area contributed by atoms with Crippen LogP contribution in [0.3, 0.4) is 0 Å². The van der Waals surface area contributed by atoms with Crippen molar-refractivity contribution >= 4 is 5.91 Å². The largest absolute Gasteiger partial charge is 0.481 e. The molecule has 1 aromatic carbocycles. The molecular weight excluding hydrogens is 266 g/mol. The molecule has 0 aromatic heterocycles. The van der Waals surface area contributed by atoms with Crippen LogP contribution in [0.15, 0.2) is 24.3 Å². The Morgan fingerprint density at radius 3 is 2.71 bits per heavy atom. The summed E-state index contributed by atoms with van der Waals surface area (Å²) < 4.78 is 11.1. The molecule has 0 saturated carbocycles. The first kappa shape index (κ1) is 15.8. The van der Waals surface area contributed by atoms with Crippen LogP contribution in [0.4, 0.5) is 0 Å². The third kappa shape index (κ3) is 4.46. The lowest BCUT2D eigenvalue weighted by atomic mass is 10.1. The summed E-state index contributed by atoms with van der Waals surface area (Å²) in [5.41, 5.74) is 1.18. The van der Waals surface area contributed by atoms with E-state index in [0.29, 0.717) is 12.5 Å². The van der Waals surface area contributed by atoms with Crippen molar-refractivity contribution in [2.75, 3.05) is 26.3 Å². The van der Waals surface area contributed by atoms with Crippen molar-refractivity contribution in [1.82, 2.24) is 4.90 Å². The minimum absolute atomic E-state index is 0.0463. The molecule has 0 aliphatic carbocycles. The number of benzene rings is 1. The predicted molar refractivity (Wildman–Crippen MR) is 82.4 cm³/mol. The molecule has 1 amide bonds. The highest BCUT2D eigenvalue weighted by Crippen LogP contribution is 2.17. The summed E-state index contributed by atoms with van der Waals surface area (Å²) in [6, 6.07) is 7.78. The SMILES string of the molecule is CCN(C[C@H]1CCOC1)C(=O)[C@@H](C)Oc1ccc(C)cc1. The molecule has 0 unspecified atom stereocenters. The Bertz CT molecular complexity index is 452. The molecule has 0 bridgehead atoms. The number of carbonyl (C=O) groups is 1. The summed E-state index contributed by atoms with van der Waals surface area (Å²) in [7, 11) is 0. The minimum atomic E-state index is -0.463. The highest BCUT2D eigenvalue weighted by Gasteiger charge is 2.25. The van der Waals surface area contributed by atoms with E-state index < -0.39 is 6.10 Å². The van der Waals surface area contributed by atoms with Crippen molar-refractivity contribution in [3.05, 3.63) is 29.8 Å².